The summed E-state index contributed by atoms with van der Waals surface area (Å²) in [5.41, 5.74) is 4.77. The van der Waals surface area contributed by atoms with E-state index in [1.165, 1.54) is 16.7 Å². The van der Waals surface area contributed by atoms with Crippen molar-refractivity contribution >= 4 is 5.91 Å². The van der Waals surface area contributed by atoms with Gasteiger partial charge in [-0.1, -0.05) is 41.5 Å². The highest BCUT2D eigenvalue weighted by Crippen LogP contribution is 2.24. The number of aryl methyl sites for hydroxylation is 2. The number of nitrogens with one attached hydrogen (secondary N) is 2. The lowest BCUT2D eigenvalue weighted by atomic mass is 9.95. The molecule has 2 atom stereocenters. The summed E-state index contributed by atoms with van der Waals surface area (Å²) in [6.07, 6.45) is 1.66. The van der Waals surface area contributed by atoms with Crippen molar-refractivity contribution in [2.75, 3.05) is 13.7 Å². The Bertz CT molecular complexity index is 733. The minimum Gasteiger partial charge on any atom is -0.497 e. The van der Waals surface area contributed by atoms with E-state index in [4.69, 9.17) is 4.74 Å². The first-order valence-electron chi connectivity index (χ1n) is 8.80. The first-order chi connectivity index (χ1) is 12.0. The van der Waals surface area contributed by atoms with Crippen molar-refractivity contribution in [1.29, 1.82) is 0 Å². The monoisotopic (exact) mass is 338 g/mol. The number of carbonyl (C=O) groups is 1. The second kappa shape index (κ2) is 7.70. The summed E-state index contributed by atoms with van der Waals surface area (Å²) >= 11 is 0. The summed E-state index contributed by atoms with van der Waals surface area (Å²) in [4.78, 5) is 12.5. The molecule has 1 amide bonds. The maximum Gasteiger partial charge on any atom is 0.237 e. The lowest BCUT2D eigenvalue weighted by molar-refractivity contribution is -0.125. The molecular weight excluding hydrogens is 312 g/mol. The molecule has 4 nitrogen and oxygen atoms in total. The maximum atomic E-state index is 12.5. The highest BCUT2D eigenvalue weighted by atomic mass is 16.5. The Hall–Kier alpha value is -2.33. The number of methoxy groups -OCH3 is 1. The van der Waals surface area contributed by atoms with Crippen LogP contribution in [0.1, 0.15) is 34.7 Å². The molecule has 0 spiro atoms. The van der Waals surface area contributed by atoms with Gasteiger partial charge in [-0.2, -0.15) is 0 Å². The highest BCUT2D eigenvalue weighted by Gasteiger charge is 2.27. The molecule has 3 rings (SSSR count). The van der Waals surface area contributed by atoms with Crippen LogP contribution in [0.25, 0.3) is 0 Å². The van der Waals surface area contributed by atoms with Crippen LogP contribution in [0.5, 0.6) is 5.75 Å². The molecule has 0 aromatic heterocycles. The van der Waals surface area contributed by atoms with Gasteiger partial charge in [-0.3, -0.25) is 4.79 Å². The van der Waals surface area contributed by atoms with E-state index < -0.39 is 0 Å². The molecule has 1 aliphatic rings. The van der Waals surface area contributed by atoms with Crippen molar-refractivity contribution in [1.82, 2.24) is 10.6 Å². The molecule has 0 saturated carbocycles. The summed E-state index contributed by atoms with van der Waals surface area (Å²) in [5.74, 6) is 0.877. The van der Waals surface area contributed by atoms with E-state index in [0.717, 1.165) is 30.7 Å². The zero-order chi connectivity index (χ0) is 17.8. The molecular formula is C21H26N2O2. The van der Waals surface area contributed by atoms with E-state index in [0.29, 0.717) is 0 Å². The predicted molar refractivity (Wildman–Crippen MR) is 99.9 cm³/mol. The second-order valence-electron chi connectivity index (χ2n) is 6.83. The Balaban J connectivity index is 1.85. The largest absolute Gasteiger partial charge is 0.497 e. The summed E-state index contributed by atoms with van der Waals surface area (Å²) in [7, 11) is 1.66. The summed E-state index contributed by atoms with van der Waals surface area (Å²) in [6, 6.07) is 14.3. The van der Waals surface area contributed by atoms with Crippen molar-refractivity contribution in [3.8, 4) is 5.75 Å². The molecule has 4 heteroatoms. The number of ether oxygens (including phenoxy) is 1. The van der Waals surface area contributed by atoms with Gasteiger partial charge in [0.15, 0.2) is 0 Å². The van der Waals surface area contributed by atoms with Crippen molar-refractivity contribution in [2.45, 2.75) is 38.8 Å². The smallest absolute Gasteiger partial charge is 0.237 e. The normalized spacial score (nSPS) is 17.5. The van der Waals surface area contributed by atoms with Crippen LogP contribution in [0, 0.1) is 13.8 Å². The zero-order valence-corrected chi connectivity index (χ0v) is 15.1. The van der Waals surface area contributed by atoms with E-state index in [2.05, 4.69) is 42.7 Å². The molecule has 1 aliphatic heterocycles. The fourth-order valence-electron chi connectivity index (χ4n) is 3.32. The Kier molecular flexibility index (Phi) is 5.39. The van der Waals surface area contributed by atoms with Crippen molar-refractivity contribution < 1.29 is 9.53 Å². The van der Waals surface area contributed by atoms with Crippen molar-refractivity contribution in [3.63, 3.8) is 0 Å². The van der Waals surface area contributed by atoms with Crippen LogP contribution in [0.4, 0.5) is 0 Å². The van der Waals surface area contributed by atoms with Crippen molar-refractivity contribution in [3.05, 3.63) is 64.7 Å². The van der Waals surface area contributed by atoms with Gasteiger partial charge in [0.05, 0.1) is 19.2 Å². The first-order valence-corrected chi connectivity index (χ1v) is 8.80. The number of rotatable bonds is 6. The van der Waals surface area contributed by atoms with E-state index in [1.54, 1.807) is 7.11 Å². The molecule has 1 fully saturated rings. The molecule has 2 aromatic carbocycles. The van der Waals surface area contributed by atoms with Gasteiger partial charge in [0.1, 0.15) is 5.75 Å². The Labute approximate surface area is 149 Å². The number of amides is 1. The van der Waals surface area contributed by atoms with E-state index >= 15 is 0 Å². The average molecular weight is 338 g/mol. The Morgan fingerprint density at radius 1 is 1.24 bits per heavy atom. The fourth-order valence-corrected chi connectivity index (χ4v) is 3.32. The number of benzene rings is 2. The summed E-state index contributed by atoms with van der Waals surface area (Å²) < 4.78 is 5.35. The molecule has 1 heterocycles. The van der Waals surface area contributed by atoms with E-state index in [1.807, 2.05) is 24.3 Å². The lowest BCUT2D eigenvalue weighted by Crippen LogP contribution is -2.53. The van der Waals surface area contributed by atoms with Gasteiger partial charge < -0.3 is 15.4 Å². The predicted octanol–water partition coefficient (Wildman–Crippen LogP) is 3.07. The van der Waals surface area contributed by atoms with Gasteiger partial charge in [0, 0.05) is 0 Å². The minimum absolute atomic E-state index is 0.0626. The van der Waals surface area contributed by atoms with Gasteiger partial charge >= 0.3 is 0 Å². The number of hydrogen-bond donors (Lipinski definition) is 2. The quantitative estimate of drug-likeness (QED) is 0.851. The molecule has 2 N–H and O–H groups in total. The topological polar surface area (TPSA) is 50.4 Å². The average Bonchev–Trinajstić information content (AvgIpc) is 2.51. The third-order valence-electron chi connectivity index (χ3n) is 4.67. The third kappa shape index (κ3) is 4.40. The third-order valence-corrected chi connectivity index (χ3v) is 4.67. The van der Waals surface area contributed by atoms with Crippen molar-refractivity contribution in [2.24, 2.45) is 0 Å². The minimum atomic E-state index is -0.0776. The van der Waals surface area contributed by atoms with Crippen LogP contribution >= 0.6 is 0 Å². The molecule has 0 radical (unpaired) electrons. The Morgan fingerprint density at radius 2 is 1.96 bits per heavy atom. The molecule has 1 unspecified atom stereocenters. The highest BCUT2D eigenvalue weighted by molar-refractivity contribution is 5.83. The van der Waals surface area contributed by atoms with Gasteiger partial charge in [-0.15, -0.1) is 0 Å². The van der Waals surface area contributed by atoms with E-state index in [9.17, 15) is 4.79 Å². The van der Waals surface area contributed by atoms with Gasteiger partial charge in [-0.05, 0) is 56.5 Å². The van der Waals surface area contributed by atoms with Crippen LogP contribution in [-0.4, -0.2) is 25.6 Å². The van der Waals surface area contributed by atoms with Crippen LogP contribution in [0.15, 0.2) is 42.5 Å². The van der Waals surface area contributed by atoms with Gasteiger partial charge in [0.25, 0.3) is 0 Å². The van der Waals surface area contributed by atoms with E-state index in [-0.39, 0.29) is 18.0 Å². The molecule has 25 heavy (non-hydrogen) atoms. The van der Waals surface area contributed by atoms with Crippen LogP contribution < -0.4 is 15.4 Å². The SMILES string of the molecule is COc1cccc(C(Cc2cc(C)cc(C)c2)NC(=O)[C@H]2CCN2)c1. The molecule has 0 aliphatic carbocycles. The summed E-state index contributed by atoms with van der Waals surface area (Å²) in [6.45, 7) is 5.13. The van der Waals surface area contributed by atoms with Gasteiger partial charge in [0.2, 0.25) is 5.91 Å². The first kappa shape index (κ1) is 17.5. The zero-order valence-electron chi connectivity index (χ0n) is 15.1. The second-order valence-corrected chi connectivity index (χ2v) is 6.83. The molecule has 1 saturated heterocycles. The number of carbonyl (C=O) groups excluding carboxylic acids is 1. The maximum absolute atomic E-state index is 12.5. The molecule has 2 aromatic rings. The standard InChI is InChI=1S/C21H26N2O2/c1-14-9-15(2)11-16(10-14)12-20(23-21(24)19-7-8-22-19)17-5-4-6-18(13-17)25-3/h4-6,9-11,13,19-20,22H,7-8,12H2,1-3H3,(H,23,24)/t19-,20?/m1/s1. The van der Waals surface area contributed by atoms with Crippen LogP contribution in [-0.2, 0) is 11.2 Å². The lowest BCUT2D eigenvalue weighted by Gasteiger charge is -2.29. The van der Waals surface area contributed by atoms with Crippen LogP contribution in [0.2, 0.25) is 0 Å². The molecule has 0 bridgehead atoms. The Morgan fingerprint density at radius 3 is 2.56 bits per heavy atom. The number of hydrogen-bond acceptors (Lipinski definition) is 3. The van der Waals surface area contributed by atoms with Gasteiger partial charge in [-0.25, -0.2) is 0 Å². The summed E-state index contributed by atoms with van der Waals surface area (Å²) in [5, 5.41) is 6.39. The molecule has 132 valence electrons. The fraction of sp³-hybridized carbons (Fsp3) is 0.381. The van der Waals surface area contributed by atoms with Crippen LogP contribution in [0.3, 0.4) is 0 Å².